The number of nitrogens with zero attached hydrogens (tertiary/aromatic N) is 1. The molecule has 3 aromatic rings. The predicted octanol–water partition coefficient (Wildman–Crippen LogP) is 3.03. The van der Waals surface area contributed by atoms with Gasteiger partial charge in [0.25, 0.3) is 0 Å². The van der Waals surface area contributed by atoms with Gasteiger partial charge < -0.3 is 14.8 Å². The second-order valence-corrected chi connectivity index (χ2v) is 6.02. The Hall–Kier alpha value is -3.00. The van der Waals surface area contributed by atoms with E-state index in [4.69, 9.17) is 4.42 Å². The van der Waals surface area contributed by atoms with E-state index in [0.29, 0.717) is 16.5 Å². The Morgan fingerprint density at radius 1 is 1.28 bits per heavy atom. The Balaban J connectivity index is 1.70. The molecule has 128 valence electrons. The lowest BCUT2D eigenvalue weighted by Crippen LogP contribution is -2.35. The number of hydrogen-bond donors (Lipinski definition) is 2. The first-order chi connectivity index (χ1) is 12.0. The lowest BCUT2D eigenvalue weighted by molar-refractivity contribution is -0.142. The highest BCUT2D eigenvalue weighted by Crippen LogP contribution is 2.24. The van der Waals surface area contributed by atoms with Gasteiger partial charge in [-0.25, -0.2) is 14.2 Å². The summed E-state index contributed by atoms with van der Waals surface area (Å²) in [7, 11) is 0. The van der Waals surface area contributed by atoms with Gasteiger partial charge in [-0.15, -0.1) is 11.3 Å². The zero-order chi connectivity index (χ0) is 17.8. The van der Waals surface area contributed by atoms with Crippen LogP contribution in [-0.2, 0) is 16.0 Å². The fourth-order valence-electron chi connectivity index (χ4n) is 2.26. The van der Waals surface area contributed by atoms with Gasteiger partial charge in [0, 0.05) is 10.9 Å². The van der Waals surface area contributed by atoms with Gasteiger partial charge in [-0.2, -0.15) is 0 Å². The molecule has 25 heavy (non-hydrogen) atoms. The number of carbonyl (C=O) groups excluding carboxylic acids is 1. The molecule has 1 amide bonds. The number of rotatable bonds is 6. The molecule has 0 aliphatic heterocycles. The summed E-state index contributed by atoms with van der Waals surface area (Å²) >= 11 is 1.31. The summed E-state index contributed by atoms with van der Waals surface area (Å²) < 4.78 is 19.0. The Bertz CT molecular complexity index is 892. The number of amides is 1. The van der Waals surface area contributed by atoms with Crippen LogP contribution in [0.25, 0.3) is 10.8 Å². The molecule has 0 aliphatic carbocycles. The van der Waals surface area contributed by atoms with Crippen LogP contribution in [0.1, 0.15) is 17.3 Å². The fourth-order valence-corrected chi connectivity index (χ4v) is 3.05. The molecule has 0 aliphatic rings. The highest BCUT2D eigenvalue weighted by Gasteiger charge is 2.25. The molecule has 2 N–H and O–H groups in total. The first-order valence-electron chi connectivity index (χ1n) is 7.29. The maximum absolute atomic E-state index is 13.8. The third kappa shape index (κ3) is 3.92. The van der Waals surface area contributed by atoms with Gasteiger partial charge in [-0.3, -0.25) is 4.79 Å². The second-order valence-electron chi connectivity index (χ2n) is 5.16. The summed E-state index contributed by atoms with van der Waals surface area (Å²) in [4.78, 5) is 27.8. The van der Waals surface area contributed by atoms with Gasteiger partial charge in [0.15, 0.2) is 16.8 Å². The van der Waals surface area contributed by atoms with E-state index in [1.54, 1.807) is 17.5 Å². The van der Waals surface area contributed by atoms with E-state index in [2.05, 4.69) is 10.3 Å². The monoisotopic (exact) mass is 360 g/mol. The number of aliphatic carboxylic acids is 1. The third-order valence-corrected chi connectivity index (χ3v) is 4.30. The maximum atomic E-state index is 13.8. The molecule has 8 heteroatoms. The van der Waals surface area contributed by atoms with Crippen molar-refractivity contribution in [3.05, 3.63) is 65.1 Å². The zero-order valence-electron chi connectivity index (χ0n) is 12.8. The average Bonchev–Trinajstić information content (AvgIpc) is 3.24. The van der Waals surface area contributed by atoms with Crippen molar-refractivity contribution in [2.45, 2.75) is 12.5 Å². The number of benzene rings is 1. The predicted molar refractivity (Wildman–Crippen MR) is 88.4 cm³/mol. The number of aromatic nitrogens is 1. The molecule has 0 radical (unpaired) electrons. The number of halogens is 1. The normalized spacial score (nSPS) is 11.9. The number of carbonyl (C=O) groups is 2. The van der Waals surface area contributed by atoms with Gasteiger partial charge >= 0.3 is 5.97 Å². The van der Waals surface area contributed by atoms with Crippen LogP contribution in [0.4, 0.5) is 4.39 Å². The summed E-state index contributed by atoms with van der Waals surface area (Å²) in [5, 5.41) is 13.9. The number of carboxylic acid groups (broad SMARTS) is 1. The van der Waals surface area contributed by atoms with Crippen molar-refractivity contribution >= 4 is 23.2 Å². The quantitative estimate of drug-likeness (QED) is 0.705. The highest BCUT2D eigenvalue weighted by atomic mass is 32.1. The Morgan fingerprint density at radius 2 is 2.08 bits per heavy atom. The number of nitrogens with one attached hydrogen (secondary N) is 1. The first-order valence-corrected chi connectivity index (χ1v) is 8.17. The van der Waals surface area contributed by atoms with E-state index in [0.717, 1.165) is 6.07 Å². The van der Waals surface area contributed by atoms with E-state index in [1.807, 2.05) is 0 Å². The van der Waals surface area contributed by atoms with Crippen LogP contribution in [0.15, 0.2) is 52.5 Å². The molecule has 0 bridgehead atoms. The summed E-state index contributed by atoms with van der Waals surface area (Å²) in [5.41, 5.74) is 0.379. The minimum absolute atomic E-state index is 0.0992. The SMILES string of the molecule is O=C(Cc1csc(-c2ccco2)n1)N[C@@H](C(=O)O)c1ccccc1F. The van der Waals surface area contributed by atoms with Crippen LogP contribution >= 0.6 is 11.3 Å². The van der Waals surface area contributed by atoms with Crippen molar-refractivity contribution < 1.29 is 23.5 Å². The summed E-state index contributed by atoms with van der Waals surface area (Å²) in [6, 6.07) is 7.45. The van der Waals surface area contributed by atoms with Gasteiger partial charge in [0.2, 0.25) is 5.91 Å². The molecule has 1 aromatic carbocycles. The van der Waals surface area contributed by atoms with Gasteiger partial charge in [0.05, 0.1) is 18.4 Å². The van der Waals surface area contributed by atoms with Crippen molar-refractivity contribution in [2.24, 2.45) is 0 Å². The number of thiazole rings is 1. The highest BCUT2D eigenvalue weighted by molar-refractivity contribution is 7.13. The lowest BCUT2D eigenvalue weighted by Gasteiger charge is -2.15. The van der Waals surface area contributed by atoms with E-state index in [-0.39, 0.29) is 12.0 Å². The molecule has 1 atom stereocenters. The Morgan fingerprint density at radius 3 is 2.76 bits per heavy atom. The van der Waals surface area contributed by atoms with Crippen LogP contribution in [0.5, 0.6) is 0 Å². The number of hydrogen-bond acceptors (Lipinski definition) is 5. The van der Waals surface area contributed by atoms with E-state index < -0.39 is 23.7 Å². The van der Waals surface area contributed by atoms with Crippen LogP contribution < -0.4 is 5.32 Å². The van der Waals surface area contributed by atoms with E-state index in [1.165, 1.54) is 35.8 Å². The van der Waals surface area contributed by atoms with E-state index in [9.17, 15) is 19.1 Å². The number of carboxylic acids is 1. The van der Waals surface area contributed by atoms with Crippen LogP contribution in [0.3, 0.4) is 0 Å². The van der Waals surface area contributed by atoms with Crippen LogP contribution in [0.2, 0.25) is 0 Å². The molecule has 2 heterocycles. The fraction of sp³-hybridized carbons (Fsp3) is 0.118. The van der Waals surface area contributed by atoms with Crippen molar-refractivity contribution in [3.8, 4) is 10.8 Å². The molecule has 3 rings (SSSR count). The van der Waals surface area contributed by atoms with Crippen molar-refractivity contribution in [1.29, 1.82) is 0 Å². The van der Waals surface area contributed by atoms with Crippen molar-refractivity contribution in [1.82, 2.24) is 10.3 Å². The largest absolute Gasteiger partial charge is 0.479 e. The molecule has 2 aromatic heterocycles. The second kappa shape index (κ2) is 7.27. The summed E-state index contributed by atoms with van der Waals surface area (Å²) in [5.74, 6) is -2.00. The summed E-state index contributed by atoms with van der Waals surface area (Å²) in [6.45, 7) is 0. The third-order valence-electron chi connectivity index (χ3n) is 3.39. The zero-order valence-corrected chi connectivity index (χ0v) is 13.6. The smallest absolute Gasteiger partial charge is 0.331 e. The first kappa shape index (κ1) is 16.8. The summed E-state index contributed by atoms with van der Waals surface area (Å²) in [6.07, 6.45) is 1.41. The van der Waals surface area contributed by atoms with Crippen molar-refractivity contribution in [2.75, 3.05) is 0 Å². The molecule has 0 spiro atoms. The molecule has 6 nitrogen and oxygen atoms in total. The standard InChI is InChI=1S/C17H13FN2O4S/c18-12-5-2-1-4-11(12)15(17(22)23)20-14(21)8-10-9-25-16(19-10)13-6-3-7-24-13/h1-7,9,15H,8H2,(H,20,21)(H,22,23)/t15-/m1/s1. The number of furan rings is 1. The molecule has 0 saturated heterocycles. The van der Waals surface area contributed by atoms with Gasteiger partial charge in [0.1, 0.15) is 5.82 Å². The van der Waals surface area contributed by atoms with Crippen molar-refractivity contribution in [3.63, 3.8) is 0 Å². The average molecular weight is 360 g/mol. The minimum Gasteiger partial charge on any atom is -0.479 e. The maximum Gasteiger partial charge on any atom is 0.331 e. The molecule has 0 saturated carbocycles. The molecule has 0 unspecified atom stereocenters. The topological polar surface area (TPSA) is 92.4 Å². The van der Waals surface area contributed by atoms with Crippen LogP contribution in [0, 0.1) is 5.82 Å². The Kier molecular flexibility index (Phi) is 4.90. The van der Waals surface area contributed by atoms with Gasteiger partial charge in [-0.05, 0) is 18.2 Å². The molecular formula is C17H13FN2O4S. The lowest BCUT2D eigenvalue weighted by atomic mass is 10.1. The van der Waals surface area contributed by atoms with Crippen LogP contribution in [-0.4, -0.2) is 22.0 Å². The molecule has 0 fully saturated rings. The Labute approximate surface area is 145 Å². The van der Waals surface area contributed by atoms with E-state index >= 15 is 0 Å². The minimum atomic E-state index is -1.46. The molecular weight excluding hydrogens is 347 g/mol. The van der Waals surface area contributed by atoms with Gasteiger partial charge in [-0.1, -0.05) is 18.2 Å².